The van der Waals surface area contributed by atoms with Gasteiger partial charge in [0.25, 0.3) is 0 Å². The van der Waals surface area contributed by atoms with Gasteiger partial charge in [-0.2, -0.15) is 0 Å². The molecular weight excluding hydrogens is 200 g/mol. The molecule has 6 heteroatoms. The van der Waals surface area contributed by atoms with E-state index >= 15 is 0 Å². The molecule has 0 unspecified atom stereocenters. The van der Waals surface area contributed by atoms with Crippen molar-refractivity contribution in [3.63, 3.8) is 0 Å². The second kappa shape index (κ2) is 4.68. The van der Waals surface area contributed by atoms with Gasteiger partial charge in [0, 0.05) is 6.54 Å². The van der Waals surface area contributed by atoms with Crippen molar-refractivity contribution < 1.29 is 19.2 Å². The first kappa shape index (κ1) is 11.4. The number of amides is 4. The largest absolute Gasteiger partial charge is 0.319 e. The van der Waals surface area contributed by atoms with Crippen LogP contribution >= 0.6 is 0 Å². The zero-order valence-corrected chi connectivity index (χ0v) is 8.41. The minimum atomic E-state index is -1.03. The lowest BCUT2D eigenvalue weighted by Gasteiger charge is -2.22. The fraction of sp³-hybridized carbons (Fsp3) is 0.556. The Labute approximate surface area is 86.6 Å². The lowest BCUT2D eigenvalue weighted by Crippen LogP contribution is -2.59. The number of carbonyl (C=O) groups is 4. The predicted octanol–water partition coefficient (Wildman–Crippen LogP) is -0.812. The molecular formula is C9H12N2O4. The number of rotatable bonds is 4. The molecule has 1 N–H and O–H groups in total. The van der Waals surface area contributed by atoms with E-state index in [0.29, 0.717) is 11.3 Å². The number of piperazine rings is 1. The molecule has 1 saturated heterocycles. The molecule has 1 fully saturated rings. The molecule has 0 bridgehead atoms. The van der Waals surface area contributed by atoms with Crippen LogP contribution in [0.5, 0.6) is 0 Å². The highest BCUT2D eigenvalue weighted by molar-refractivity contribution is 6.54. The number of carbonyl (C=O) groups excluding carboxylic acids is 4. The molecule has 0 aromatic rings. The molecule has 6 nitrogen and oxygen atoms in total. The fourth-order valence-corrected chi connectivity index (χ4v) is 1.27. The molecule has 1 rings (SSSR count). The molecule has 1 heterocycles. The van der Waals surface area contributed by atoms with Crippen molar-refractivity contribution >= 4 is 23.6 Å². The van der Waals surface area contributed by atoms with Crippen molar-refractivity contribution in [2.45, 2.75) is 26.2 Å². The Morgan fingerprint density at radius 1 is 1.00 bits per heavy atom. The van der Waals surface area contributed by atoms with Gasteiger partial charge < -0.3 is 0 Å². The van der Waals surface area contributed by atoms with Gasteiger partial charge in [-0.05, 0) is 6.42 Å². The normalized spacial score (nSPS) is 17.0. The SMILES string of the molecule is CCCCCN1C(=O)C(=O)NC(=O)C1=O. The van der Waals surface area contributed by atoms with Gasteiger partial charge >= 0.3 is 23.6 Å². The molecule has 0 radical (unpaired) electrons. The van der Waals surface area contributed by atoms with E-state index in [9.17, 15) is 19.2 Å². The van der Waals surface area contributed by atoms with Crippen LogP contribution in [0.25, 0.3) is 0 Å². The third-order valence-corrected chi connectivity index (χ3v) is 2.09. The van der Waals surface area contributed by atoms with Crippen LogP contribution in [0, 0.1) is 0 Å². The summed E-state index contributed by atoms with van der Waals surface area (Å²) in [4.78, 5) is 45.0. The summed E-state index contributed by atoms with van der Waals surface area (Å²) in [7, 11) is 0. The average Bonchev–Trinajstić information content (AvgIpc) is 2.20. The Bertz CT molecular complexity index is 298. The van der Waals surface area contributed by atoms with Crippen molar-refractivity contribution in [1.29, 1.82) is 0 Å². The molecule has 4 amide bonds. The third-order valence-electron chi connectivity index (χ3n) is 2.09. The summed E-state index contributed by atoms with van der Waals surface area (Å²) in [6, 6.07) is 0. The maximum absolute atomic E-state index is 11.2. The maximum atomic E-state index is 11.2. The second-order valence-electron chi connectivity index (χ2n) is 3.25. The van der Waals surface area contributed by atoms with E-state index in [2.05, 4.69) is 0 Å². The first-order valence-electron chi connectivity index (χ1n) is 4.79. The Morgan fingerprint density at radius 2 is 1.53 bits per heavy atom. The standard InChI is InChI=1S/C9H12N2O4/c1-2-3-4-5-11-8(14)6(12)10-7(13)9(11)15/h2-5H2,1H3,(H,10,12,13). The van der Waals surface area contributed by atoms with Gasteiger partial charge in [-0.1, -0.05) is 19.8 Å². The quantitative estimate of drug-likeness (QED) is 0.375. The number of nitrogens with one attached hydrogen (secondary N) is 1. The number of hydrogen-bond donors (Lipinski definition) is 1. The van der Waals surface area contributed by atoms with Gasteiger partial charge in [-0.15, -0.1) is 0 Å². The Morgan fingerprint density at radius 3 is 2.00 bits per heavy atom. The van der Waals surface area contributed by atoms with Crippen molar-refractivity contribution in [3.05, 3.63) is 0 Å². The molecule has 0 aromatic carbocycles. The lowest BCUT2D eigenvalue weighted by molar-refractivity contribution is -0.162. The van der Waals surface area contributed by atoms with E-state index in [1.54, 1.807) is 5.32 Å². The van der Waals surface area contributed by atoms with Gasteiger partial charge in [0.2, 0.25) is 0 Å². The van der Waals surface area contributed by atoms with Crippen LogP contribution in [-0.4, -0.2) is 35.1 Å². The van der Waals surface area contributed by atoms with Gasteiger partial charge in [0.1, 0.15) is 0 Å². The molecule has 1 aliphatic heterocycles. The van der Waals surface area contributed by atoms with Crippen LogP contribution in [0.15, 0.2) is 0 Å². The van der Waals surface area contributed by atoms with Crippen LogP contribution in [0.2, 0.25) is 0 Å². The van der Waals surface area contributed by atoms with E-state index in [0.717, 1.165) is 12.8 Å². The Kier molecular flexibility index (Phi) is 3.54. The van der Waals surface area contributed by atoms with Crippen LogP contribution in [0.1, 0.15) is 26.2 Å². The van der Waals surface area contributed by atoms with E-state index in [-0.39, 0.29) is 6.54 Å². The molecule has 0 spiro atoms. The van der Waals surface area contributed by atoms with Crippen molar-refractivity contribution in [2.75, 3.05) is 6.54 Å². The zero-order chi connectivity index (χ0) is 11.4. The van der Waals surface area contributed by atoms with Gasteiger partial charge in [-0.25, -0.2) is 0 Å². The highest BCUT2D eigenvalue weighted by atomic mass is 16.2. The van der Waals surface area contributed by atoms with Gasteiger partial charge in [0.15, 0.2) is 0 Å². The number of hydrogen-bond acceptors (Lipinski definition) is 4. The molecule has 82 valence electrons. The molecule has 15 heavy (non-hydrogen) atoms. The minimum Gasteiger partial charge on any atom is -0.280 e. The third kappa shape index (κ3) is 2.39. The summed E-state index contributed by atoms with van der Waals surface area (Å²) in [5.41, 5.74) is 0. The highest BCUT2D eigenvalue weighted by Gasteiger charge is 2.38. The number of nitrogens with zero attached hydrogens (tertiary/aromatic N) is 1. The van der Waals surface area contributed by atoms with E-state index in [4.69, 9.17) is 0 Å². The van der Waals surface area contributed by atoms with E-state index in [1.807, 2.05) is 6.92 Å². The summed E-state index contributed by atoms with van der Waals surface area (Å²) < 4.78 is 0. The lowest BCUT2D eigenvalue weighted by atomic mass is 10.2. The summed E-state index contributed by atoms with van der Waals surface area (Å²) >= 11 is 0. The topological polar surface area (TPSA) is 83.6 Å². The van der Waals surface area contributed by atoms with Crippen LogP contribution in [-0.2, 0) is 19.2 Å². The van der Waals surface area contributed by atoms with Gasteiger partial charge in [-0.3, -0.25) is 29.4 Å². The fourth-order valence-electron chi connectivity index (χ4n) is 1.27. The summed E-state index contributed by atoms with van der Waals surface area (Å²) in [6.07, 6.45) is 2.37. The van der Waals surface area contributed by atoms with Crippen LogP contribution in [0.4, 0.5) is 0 Å². The smallest absolute Gasteiger partial charge is 0.280 e. The van der Waals surface area contributed by atoms with Crippen LogP contribution < -0.4 is 5.32 Å². The molecule has 0 saturated carbocycles. The summed E-state index contributed by atoms with van der Waals surface area (Å²) in [6.45, 7) is 2.10. The van der Waals surface area contributed by atoms with Crippen LogP contribution in [0.3, 0.4) is 0 Å². The Hall–Kier alpha value is -1.72. The average molecular weight is 212 g/mol. The number of unbranched alkanes of at least 4 members (excludes halogenated alkanes) is 2. The first-order chi connectivity index (χ1) is 7.07. The highest BCUT2D eigenvalue weighted by Crippen LogP contribution is 2.03. The summed E-state index contributed by atoms with van der Waals surface area (Å²) in [5.74, 6) is -3.96. The molecule has 0 atom stereocenters. The van der Waals surface area contributed by atoms with Crippen molar-refractivity contribution in [1.82, 2.24) is 10.2 Å². The monoisotopic (exact) mass is 212 g/mol. The van der Waals surface area contributed by atoms with Gasteiger partial charge in [0.05, 0.1) is 0 Å². The predicted molar refractivity (Wildman–Crippen MR) is 49.4 cm³/mol. The second-order valence-corrected chi connectivity index (χ2v) is 3.25. The van der Waals surface area contributed by atoms with Crippen molar-refractivity contribution in [3.8, 4) is 0 Å². The molecule has 1 aliphatic rings. The minimum absolute atomic E-state index is 0.130. The van der Waals surface area contributed by atoms with E-state index < -0.39 is 23.6 Å². The maximum Gasteiger partial charge on any atom is 0.319 e. The Balaban J connectivity index is 2.66. The number of imide groups is 2. The summed E-state index contributed by atoms with van der Waals surface area (Å²) in [5, 5.41) is 1.68. The van der Waals surface area contributed by atoms with E-state index in [1.165, 1.54) is 0 Å². The first-order valence-corrected chi connectivity index (χ1v) is 4.79. The van der Waals surface area contributed by atoms with Crippen molar-refractivity contribution in [2.24, 2.45) is 0 Å². The molecule has 0 aromatic heterocycles. The molecule has 0 aliphatic carbocycles. The zero-order valence-electron chi connectivity index (χ0n) is 8.41.